The van der Waals surface area contributed by atoms with Gasteiger partial charge in [0.2, 0.25) is 0 Å². The van der Waals surface area contributed by atoms with E-state index in [1.54, 1.807) is 0 Å². The Morgan fingerprint density at radius 3 is 2.23 bits per heavy atom. The first-order chi connectivity index (χ1) is 9.95. The van der Waals surface area contributed by atoms with Gasteiger partial charge in [-0.1, -0.05) is 24.3 Å². The van der Waals surface area contributed by atoms with E-state index in [1.165, 1.54) is 0 Å². The fourth-order valence-corrected chi connectivity index (χ4v) is 2.39. The lowest BCUT2D eigenvalue weighted by Gasteiger charge is -2.32. The number of hydrogen-bond acceptors (Lipinski definition) is 3. The standard InChI is InChI=1S/C16H24BNO4/c1-14(2,18-13(19)20)11-8-7-9-12(10-11)17-21-15(3,4)16(5,6)22-17/h7-10,18H,1-6H3,(H,19,20). The van der Waals surface area contributed by atoms with Gasteiger partial charge in [0.25, 0.3) is 0 Å². The summed E-state index contributed by atoms with van der Waals surface area (Å²) in [5, 5.41) is 11.5. The van der Waals surface area contributed by atoms with E-state index in [4.69, 9.17) is 14.4 Å². The SMILES string of the molecule is CC(C)(NC(=O)O)c1cccc(B2OC(C)(C)C(C)(C)O2)c1. The van der Waals surface area contributed by atoms with Crippen molar-refractivity contribution in [2.24, 2.45) is 0 Å². The number of amides is 1. The molecule has 22 heavy (non-hydrogen) atoms. The van der Waals surface area contributed by atoms with Crippen molar-refractivity contribution in [1.29, 1.82) is 0 Å². The van der Waals surface area contributed by atoms with Crippen LogP contribution in [0.2, 0.25) is 0 Å². The Morgan fingerprint density at radius 1 is 1.18 bits per heavy atom. The lowest BCUT2D eigenvalue weighted by molar-refractivity contribution is 0.00578. The average molecular weight is 305 g/mol. The lowest BCUT2D eigenvalue weighted by atomic mass is 9.77. The van der Waals surface area contributed by atoms with Crippen LogP contribution in [0.1, 0.15) is 47.1 Å². The van der Waals surface area contributed by atoms with Gasteiger partial charge in [-0.05, 0) is 52.6 Å². The van der Waals surface area contributed by atoms with E-state index in [-0.39, 0.29) is 0 Å². The molecule has 1 saturated heterocycles. The minimum absolute atomic E-state index is 0.400. The van der Waals surface area contributed by atoms with Gasteiger partial charge in [0, 0.05) is 0 Å². The van der Waals surface area contributed by atoms with Crippen LogP contribution in [0.25, 0.3) is 0 Å². The van der Waals surface area contributed by atoms with E-state index in [0.717, 1.165) is 11.0 Å². The molecule has 1 aromatic carbocycles. The summed E-state index contributed by atoms with van der Waals surface area (Å²) in [4.78, 5) is 10.9. The van der Waals surface area contributed by atoms with Crippen LogP contribution in [-0.4, -0.2) is 29.5 Å². The van der Waals surface area contributed by atoms with Gasteiger partial charge >= 0.3 is 13.2 Å². The second-order valence-electron chi connectivity index (χ2n) is 7.27. The van der Waals surface area contributed by atoms with Crippen molar-refractivity contribution < 1.29 is 19.2 Å². The molecule has 0 aromatic heterocycles. The highest BCUT2D eigenvalue weighted by Crippen LogP contribution is 2.36. The van der Waals surface area contributed by atoms with E-state index in [2.05, 4.69) is 5.32 Å². The predicted octanol–water partition coefficient (Wildman–Crippen LogP) is 2.49. The summed E-state index contributed by atoms with van der Waals surface area (Å²) in [7, 11) is -0.453. The van der Waals surface area contributed by atoms with Crippen LogP contribution in [0.15, 0.2) is 24.3 Å². The van der Waals surface area contributed by atoms with Crippen LogP contribution in [0.3, 0.4) is 0 Å². The van der Waals surface area contributed by atoms with Gasteiger partial charge in [-0.2, -0.15) is 0 Å². The van der Waals surface area contributed by atoms with Crippen LogP contribution in [0, 0.1) is 0 Å². The van der Waals surface area contributed by atoms with Crippen LogP contribution in [-0.2, 0) is 14.8 Å². The molecule has 1 fully saturated rings. The fraction of sp³-hybridized carbons (Fsp3) is 0.562. The third-order valence-corrected chi connectivity index (χ3v) is 4.55. The Kier molecular flexibility index (Phi) is 4.04. The molecule has 6 heteroatoms. The molecule has 2 N–H and O–H groups in total. The maximum Gasteiger partial charge on any atom is 0.494 e. The Bertz CT molecular complexity index is 567. The van der Waals surface area contributed by atoms with E-state index < -0.39 is 30.0 Å². The Labute approximate surface area is 132 Å². The Hall–Kier alpha value is -1.53. The highest BCUT2D eigenvalue weighted by atomic mass is 16.7. The average Bonchev–Trinajstić information content (AvgIpc) is 2.57. The molecule has 0 spiro atoms. The number of benzene rings is 1. The molecule has 0 atom stereocenters. The first-order valence-electron chi connectivity index (χ1n) is 7.42. The minimum atomic E-state index is -1.05. The summed E-state index contributed by atoms with van der Waals surface area (Å²) in [5.41, 5.74) is 0.259. The smallest absolute Gasteiger partial charge is 0.465 e. The van der Waals surface area contributed by atoms with Crippen molar-refractivity contribution in [2.75, 3.05) is 0 Å². The van der Waals surface area contributed by atoms with Gasteiger partial charge in [-0.25, -0.2) is 4.79 Å². The number of nitrogens with one attached hydrogen (secondary N) is 1. The maximum absolute atomic E-state index is 10.9. The first kappa shape index (κ1) is 16.8. The van der Waals surface area contributed by atoms with Gasteiger partial charge in [-0.15, -0.1) is 0 Å². The molecule has 0 aliphatic carbocycles. The topological polar surface area (TPSA) is 67.8 Å². The summed E-state index contributed by atoms with van der Waals surface area (Å²) < 4.78 is 12.1. The van der Waals surface area contributed by atoms with Crippen LogP contribution < -0.4 is 10.8 Å². The second kappa shape index (κ2) is 5.28. The first-order valence-corrected chi connectivity index (χ1v) is 7.42. The summed E-state index contributed by atoms with van der Waals surface area (Å²) in [6.07, 6.45) is -1.05. The molecular weight excluding hydrogens is 281 g/mol. The van der Waals surface area contributed by atoms with Crippen molar-refractivity contribution in [1.82, 2.24) is 5.32 Å². The summed E-state index contributed by atoms with van der Waals surface area (Å²) in [5.74, 6) is 0. The zero-order chi connectivity index (χ0) is 16.8. The molecule has 2 rings (SSSR count). The van der Waals surface area contributed by atoms with Gasteiger partial charge in [-0.3, -0.25) is 0 Å². The van der Waals surface area contributed by atoms with Crippen LogP contribution in [0.5, 0.6) is 0 Å². The van der Waals surface area contributed by atoms with Crippen molar-refractivity contribution in [2.45, 2.75) is 58.3 Å². The monoisotopic (exact) mass is 305 g/mol. The second-order valence-corrected chi connectivity index (χ2v) is 7.27. The summed E-state index contributed by atoms with van der Waals surface area (Å²) in [6, 6.07) is 7.65. The molecule has 1 aliphatic rings. The molecular formula is C16H24BNO4. The molecule has 0 unspecified atom stereocenters. The third-order valence-electron chi connectivity index (χ3n) is 4.55. The van der Waals surface area contributed by atoms with Gasteiger partial charge in [0.05, 0.1) is 16.7 Å². The highest BCUT2D eigenvalue weighted by molar-refractivity contribution is 6.62. The van der Waals surface area contributed by atoms with Crippen molar-refractivity contribution in [3.05, 3.63) is 29.8 Å². The van der Waals surface area contributed by atoms with Crippen LogP contribution >= 0.6 is 0 Å². The van der Waals surface area contributed by atoms with E-state index in [0.29, 0.717) is 0 Å². The van der Waals surface area contributed by atoms with Crippen LogP contribution in [0.4, 0.5) is 4.79 Å². The number of hydrogen-bond donors (Lipinski definition) is 2. The van der Waals surface area contributed by atoms with Crippen molar-refractivity contribution in [3.8, 4) is 0 Å². The summed E-state index contributed by atoms with van der Waals surface area (Å²) >= 11 is 0. The highest BCUT2D eigenvalue weighted by Gasteiger charge is 2.51. The molecule has 1 aliphatic heterocycles. The molecule has 5 nitrogen and oxygen atoms in total. The minimum Gasteiger partial charge on any atom is -0.465 e. The molecule has 1 amide bonds. The Balaban J connectivity index is 2.29. The molecule has 1 heterocycles. The zero-order valence-corrected chi connectivity index (χ0v) is 14.1. The molecule has 0 radical (unpaired) electrons. The van der Waals surface area contributed by atoms with E-state index in [1.807, 2.05) is 65.8 Å². The van der Waals surface area contributed by atoms with E-state index >= 15 is 0 Å². The number of carbonyl (C=O) groups is 1. The third kappa shape index (κ3) is 3.13. The van der Waals surface area contributed by atoms with Crippen molar-refractivity contribution >= 4 is 18.7 Å². The number of rotatable bonds is 3. The molecule has 120 valence electrons. The predicted molar refractivity (Wildman–Crippen MR) is 86.3 cm³/mol. The number of carboxylic acid groups (broad SMARTS) is 1. The van der Waals surface area contributed by atoms with Gasteiger partial charge < -0.3 is 19.7 Å². The van der Waals surface area contributed by atoms with Gasteiger partial charge in [0.15, 0.2) is 0 Å². The molecule has 0 bridgehead atoms. The van der Waals surface area contributed by atoms with Crippen molar-refractivity contribution in [3.63, 3.8) is 0 Å². The van der Waals surface area contributed by atoms with E-state index in [9.17, 15) is 4.79 Å². The summed E-state index contributed by atoms with van der Waals surface area (Å²) in [6.45, 7) is 11.7. The lowest BCUT2D eigenvalue weighted by Crippen LogP contribution is -2.41. The fourth-order valence-electron chi connectivity index (χ4n) is 2.39. The largest absolute Gasteiger partial charge is 0.494 e. The van der Waals surface area contributed by atoms with Gasteiger partial charge in [0.1, 0.15) is 0 Å². The molecule has 0 saturated carbocycles. The normalized spacial score (nSPS) is 20.0. The Morgan fingerprint density at radius 2 is 1.73 bits per heavy atom. The maximum atomic E-state index is 10.9. The quantitative estimate of drug-likeness (QED) is 0.842. The molecule has 1 aromatic rings. The zero-order valence-electron chi connectivity index (χ0n) is 14.1.